The Balaban J connectivity index is 2.00. The van der Waals surface area contributed by atoms with E-state index >= 15 is 0 Å². The van der Waals surface area contributed by atoms with Gasteiger partial charge in [-0.15, -0.1) is 11.3 Å². The van der Waals surface area contributed by atoms with Gasteiger partial charge in [-0.25, -0.2) is 0 Å². The van der Waals surface area contributed by atoms with Gasteiger partial charge in [-0.2, -0.15) is 0 Å². The van der Waals surface area contributed by atoms with Crippen LogP contribution >= 0.6 is 27.3 Å². The third kappa shape index (κ3) is 3.31. The molecule has 2 nitrogen and oxygen atoms in total. The molecule has 0 radical (unpaired) electrons. The molecule has 4 heteroatoms. The standard InChI is InChI=1S/C13H21BrN2S/c1-2-9-3-5-10(6-4-9)13(16-15)11-7-8-12(14)17-11/h7-10,13,16H,2-6,15H2,1H3. The van der Waals surface area contributed by atoms with Gasteiger partial charge in [-0.3, -0.25) is 11.3 Å². The van der Waals surface area contributed by atoms with E-state index in [0.29, 0.717) is 12.0 Å². The van der Waals surface area contributed by atoms with E-state index in [2.05, 4.69) is 40.4 Å². The number of hydrogen-bond acceptors (Lipinski definition) is 3. The van der Waals surface area contributed by atoms with E-state index in [0.717, 1.165) is 5.92 Å². The van der Waals surface area contributed by atoms with Crippen LogP contribution in [0.2, 0.25) is 0 Å². The molecule has 0 spiro atoms. The highest BCUT2D eigenvalue weighted by Gasteiger charge is 2.28. The van der Waals surface area contributed by atoms with Gasteiger partial charge in [0.15, 0.2) is 0 Å². The van der Waals surface area contributed by atoms with Crippen LogP contribution in [0.5, 0.6) is 0 Å². The topological polar surface area (TPSA) is 38.0 Å². The highest BCUT2D eigenvalue weighted by Crippen LogP contribution is 2.40. The van der Waals surface area contributed by atoms with E-state index < -0.39 is 0 Å². The summed E-state index contributed by atoms with van der Waals surface area (Å²) >= 11 is 5.32. The van der Waals surface area contributed by atoms with Crippen LogP contribution in [0.3, 0.4) is 0 Å². The van der Waals surface area contributed by atoms with Crippen molar-refractivity contribution in [1.82, 2.24) is 5.43 Å². The summed E-state index contributed by atoms with van der Waals surface area (Å²) in [5.74, 6) is 7.40. The number of hydrogen-bond donors (Lipinski definition) is 2. The largest absolute Gasteiger partial charge is 0.271 e. The molecule has 1 saturated carbocycles. The summed E-state index contributed by atoms with van der Waals surface area (Å²) in [7, 11) is 0. The molecule has 1 aliphatic rings. The summed E-state index contributed by atoms with van der Waals surface area (Å²) in [6, 6.07) is 4.64. The first-order valence-electron chi connectivity index (χ1n) is 6.46. The molecule has 0 aliphatic heterocycles. The Hall–Kier alpha value is 0.1000. The highest BCUT2D eigenvalue weighted by molar-refractivity contribution is 9.11. The van der Waals surface area contributed by atoms with Gasteiger partial charge in [0.2, 0.25) is 0 Å². The Kier molecular flexibility index (Phi) is 5.03. The van der Waals surface area contributed by atoms with Crippen LogP contribution in [0.1, 0.15) is 49.9 Å². The molecule has 1 unspecified atom stereocenters. The van der Waals surface area contributed by atoms with Crippen LogP contribution in [-0.2, 0) is 0 Å². The second-order valence-corrected chi connectivity index (χ2v) is 7.47. The Morgan fingerprint density at radius 1 is 1.41 bits per heavy atom. The van der Waals surface area contributed by atoms with Crippen LogP contribution in [0.25, 0.3) is 0 Å². The first-order valence-corrected chi connectivity index (χ1v) is 8.07. The average Bonchev–Trinajstić information content (AvgIpc) is 2.78. The van der Waals surface area contributed by atoms with E-state index in [9.17, 15) is 0 Å². The second-order valence-electron chi connectivity index (χ2n) is 4.98. The number of hydrazine groups is 1. The molecule has 1 atom stereocenters. The summed E-state index contributed by atoms with van der Waals surface area (Å²) in [4.78, 5) is 1.36. The quantitative estimate of drug-likeness (QED) is 0.644. The van der Waals surface area contributed by atoms with Gasteiger partial charge in [-0.1, -0.05) is 26.2 Å². The van der Waals surface area contributed by atoms with Crippen LogP contribution in [0, 0.1) is 11.8 Å². The smallest absolute Gasteiger partial charge is 0.0702 e. The molecule has 0 saturated heterocycles. The van der Waals surface area contributed by atoms with Crippen molar-refractivity contribution in [2.45, 2.75) is 45.1 Å². The van der Waals surface area contributed by atoms with E-state index in [1.807, 2.05) is 0 Å². The number of halogens is 1. The van der Waals surface area contributed by atoms with Crippen molar-refractivity contribution in [3.05, 3.63) is 20.8 Å². The van der Waals surface area contributed by atoms with Gasteiger partial charge in [0.1, 0.15) is 0 Å². The van der Waals surface area contributed by atoms with Crippen LogP contribution in [0.4, 0.5) is 0 Å². The summed E-state index contributed by atoms with van der Waals surface area (Å²) < 4.78 is 1.19. The van der Waals surface area contributed by atoms with Crippen LogP contribution in [-0.4, -0.2) is 0 Å². The lowest BCUT2D eigenvalue weighted by molar-refractivity contribution is 0.221. The minimum Gasteiger partial charge on any atom is -0.271 e. The zero-order valence-corrected chi connectivity index (χ0v) is 12.7. The van der Waals surface area contributed by atoms with Crippen molar-refractivity contribution < 1.29 is 0 Å². The highest BCUT2D eigenvalue weighted by atomic mass is 79.9. The number of thiophene rings is 1. The van der Waals surface area contributed by atoms with Gasteiger partial charge < -0.3 is 0 Å². The van der Waals surface area contributed by atoms with E-state index in [1.165, 1.54) is 40.8 Å². The number of rotatable bonds is 4. The average molecular weight is 317 g/mol. The molecule has 1 heterocycles. The summed E-state index contributed by atoms with van der Waals surface area (Å²) in [5.41, 5.74) is 3.02. The van der Waals surface area contributed by atoms with Gasteiger partial charge in [0, 0.05) is 4.88 Å². The predicted molar refractivity (Wildman–Crippen MR) is 77.8 cm³/mol. The fraction of sp³-hybridized carbons (Fsp3) is 0.692. The normalized spacial score (nSPS) is 27.0. The van der Waals surface area contributed by atoms with Crippen molar-refractivity contribution in [3.8, 4) is 0 Å². The van der Waals surface area contributed by atoms with Gasteiger partial charge >= 0.3 is 0 Å². The fourth-order valence-corrected chi connectivity index (χ4v) is 4.45. The first-order chi connectivity index (χ1) is 8.24. The Labute approximate surface area is 116 Å². The van der Waals surface area contributed by atoms with E-state index in [1.54, 1.807) is 11.3 Å². The minimum atomic E-state index is 0.337. The van der Waals surface area contributed by atoms with Crippen molar-refractivity contribution in [1.29, 1.82) is 0 Å². The molecule has 96 valence electrons. The second kappa shape index (κ2) is 6.32. The molecule has 3 N–H and O–H groups in total. The lowest BCUT2D eigenvalue weighted by Crippen LogP contribution is -2.34. The first kappa shape index (κ1) is 13.5. The van der Waals surface area contributed by atoms with E-state index in [4.69, 9.17) is 5.84 Å². The van der Waals surface area contributed by atoms with Gasteiger partial charge in [-0.05, 0) is 52.7 Å². The molecule has 1 aromatic heterocycles. The molecule has 2 rings (SSSR count). The Morgan fingerprint density at radius 3 is 2.59 bits per heavy atom. The molecule has 0 bridgehead atoms. The summed E-state index contributed by atoms with van der Waals surface area (Å²) in [6.45, 7) is 2.31. The van der Waals surface area contributed by atoms with Crippen molar-refractivity contribution in [2.75, 3.05) is 0 Å². The maximum absolute atomic E-state index is 5.75. The maximum Gasteiger partial charge on any atom is 0.0702 e. The number of nitrogens with two attached hydrogens (primary N) is 1. The molecule has 1 aromatic rings. The SMILES string of the molecule is CCC1CCC(C(NN)c2ccc(Br)s2)CC1. The zero-order valence-electron chi connectivity index (χ0n) is 10.3. The molecular weight excluding hydrogens is 296 g/mol. The molecule has 1 fully saturated rings. The zero-order chi connectivity index (χ0) is 12.3. The summed E-state index contributed by atoms with van der Waals surface area (Å²) in [6.07, 6.45) is 6.68. The van der Waals surface area contributed by atoms with Crippen molar-refractivity contribution >= 4 is 27.3 Å². The predicted octanol–water partition coefficient (Wildman–Crippen LogP) is 4.23. The summed E-state index contributed by atoms with van der Waals surface area (Å²) in [5, 5.41) is 0. The molecule has 1 aliphatic carbocycles. The van der Waals surface area contributed by atoms with Crippen LogP contribution in [0.15, 0.2) is 15.9 Å². The third-order valence-corrected chi connectivity index (χ3v) is 5.73. The minimum absolute atomic E-state index is 0.337. The monoisotopic (exact) mass is 316 g/mol. The van der Waals surface area contributed by atoms with Crippen molar-refractivity contribution in [3.63, 3.8) is 0 Å². The Morgan fingerprint density at radius 2 is 2.12 bits per heavy atom. The van der Waals surface area contributed by atoms with Gasteiger partial charge in [0.25, 0.3) is 0 Å². The molecule has 17 heavy (non-hydrogen) atoms. The van der Waals surface area contributed by atoms with Crippen molar-refractivity contribution in [2.24, 2.45) is 17.7 Å². The molecule has 0 amide bonds. The molecule has 0 aromatic carbocycles. The molecular formula is C13H21BrN2S. The number of nitrogens with one attached hydrogen (secondary N) is 1. The maximum atomic E-state index is 5.75. The lowest BCUT2D eigenvalue weighted by Gasteiger charge is -2.32. The lowest BCUT2D eigenvalue weighted by atomic mass is 9.77. The van der Waals surface area contributed by atoms with Crippen LogP contribution < -0.4 is 11.3 Å². The Bertz CT molecular complexity index is 345. The fourth-order valence-electron chi connectivity index (χ4n) is 2.88. The van der Waals surface area contributed by atoms with Gasteiger partial charge in [0.05, 0.1) is 9.83 Å². The van der Waals surface area contributed by atoms with E-state index in [-0.39, 0.29) is 0 Å². The third-order valence-electron chi connectivity index (χ3n) is 4.02.